The highest BCUT2D eigenvalue weighted by Gasteiger charge is 2.05. The molecular formula is C17H18N2OS. The van der Waals surface area contributed by atoms with Crippen LogP contribution in [0.25, 0.3) is 0 Å². The smallest absolute Gasteiger partial charge is 0.171 e. The molecule has 108 valence electrons. The molecule has 2 rings (SSSR count). The average Bonchev–Trinajstić information content (AvgIpc) is 2.48. The van der Waals surface area contributed by atoms with Crippen molar-refractivity contribution in [2.75, 3.05) is 11.9 Å². The van der Waals surface area contributed by atoms with Crippen LogP contribution in [-0.2, 0) is 0 Å². The van der Waals surface area contributed by atoms with Gasteiger partial charge in [0.15, 0.2) is 10.9 Å². The standard InChI is InChI=1S/C17H18N2OS/c1-13(2)12-18-17(21)19-15-10-6-7-11-16(15)20-14-8-4-3-5-9-14/h3-11H,1,12H2,2H3,(H2,18,19,21). The summed E-state index contributed by atoms with van der Waals surface area (Å²) in [6.45, 7) is 6.43. The van der Waals surface area contributed by atoms with Crippen molar-refractivity contribution in [3.63, 3.8) is 0 Å². The van der Waals surface area contributed by atoms with E-state index in [0.29, 0.717) is 11.7 Å². The molecule has 0 aliphatic heterocycles. The van der Waals surface area contributed by atoms with Gasteiger partial charge >= 0.3 is 0 Å². The average molecular weight is 298 g/mol. The zero-order valence-electron chi connectivity index (χ0n) is 11.9. The maximum atomic E-state index is 5.87. The molecule has 2 aromatic rings. The number of ether oxygens (including phenoxy) is 1. The van der Waals surface area contributed by atoms with Crippen molar-refractivity contribution in [3.8, 4) is 11.5 Å². The largest absolute Gasteiger partial charge is 0.455 e. The van der Waals surface area contributed by atoms with E-state index < -0.39 is 0 Å². The molecule has 0 aliphatic carbocycles. The number of thiocarbonyl (C=S) groups is 1. The summed E-state index contributed by atoms with van der Waals surface area (Å²) in [6.07, 6.45) is 0. The molecule has 0 heterocycles. The van der Waals surface area contributed by atoms with Crippen molar-refractivity contribution in [2.45, 2.75) is 6.92 Å². The first-order valence-electron chi connectivity index (χ1n) is 6.66. The molecule has 0 amide bonds. The van der Waals surface area contributed by atoms with Crippen LogP contribution in [0, 0.1) is 0 Å². The van der Waals surface area contributed by atoms with Crippen molar-refractivity contribution in [3.05, 3.63) is 66.7 Å². The molecule has 2 N–H and O–H groups in total. The molecule has 21 heavy (non-hydrogen) atoms. The summed E-state index contributed by atoms with van der Waals surface area (Å²) >= 11 is 5.26. The van der Waals surface area contributed by atoms with Crippen LogP contribution in [0.2, 0.25) is 0 Å². The fraction of sp³-hybridized carbons (Fsp3) is 0.118. The number of nitrogens with one attached hydrogen (secondary N) is 2. The van der Waals surface area contributed by atoms with E-state index in [1.807, 2.05) is 61.5 Å². The van der Waals surface area contributed by atoms with Crippen LogP contribution in [0.15, 0.2) is 66.7 Å². The van der Waals surface area contributed by atoms with Crippen LogP contribution < -0.4 is 15.4 Å². The molecule has 0 atom stereocenters. The number of para-hydroxylation sites is 3. The lowest BCUT2D eigenvalue weighted by Gasteiger charge is -2.14. The van der Waals surface area contributed by atoms with Crippen molar-refractivity contribution >= 4 is 23.0 Å². The topological polar surface area (TPSA) is 33.3 Å². The van der Waals surface area contributed by atoms with Crippen LogP contribution in [0.4, 0.5) is 5.69 Å². The molecule has 0 unspecified atom stereocenters. The number of anilines is 1. The van der Waals surface area contributed by atoms with Gasteiger partial charge < -0.3 is 15.4 Å². The van der Waals surface area contributed by atoms with Crippen LogP contribution >= 0.6 is 12.2 Å². The van der Waals surface area contributed by atoms with Crippen molar-refractivity contribution in [1.29, 1.82) is 0 Å². The Morgan fingerprint density at radius 1 is 1.10 bits per heavy atom. The molecule has 3 nitrogen and oxygen atoms in total. The molecule has 0 bridgehead atoms. The first-order chi connectivity index (χ1) is 10.1. The number of rotatable bonds is 5. The molecule has 0 saturated carbocycles. The van der Waals surface area contributed by atoms with Gasteiger partial charge in [0, 0.05) is 6.54 Å². The lowest BCUT2D eigenvalue weighted by molar-refractivity contribution is 0.485. The summed E-state index contributed by atoms with van der Waals surface area (Å²) < 4.78 is 5.87. The minimum Gasteiger partial charge on any atom is -0.455 e. The van der Waals surface area contributed by atoms with Gasteiger partial charge in [0.25, 0.3) is 0 Å². The van der Waals surface area contributed by atoms with E-state index in [4.69, 9.17) is 17.0 Å². The molecule has 0 radical (unpaired) electrons. The van der Waals surface area contributed by atoms with E-state index >= 15 is 0 Å². The highest BCUT2D eigenvalue weighted by atomic mass is 32.1. The first kappa shape index (κ1) is 15.1. The van der Waals surface area contributed by atoms with Gasteiger partial charge in [-0.05, 0) is 43.4 Å². The van der Waals surface area contributed by atoms with Crippen molar-refractivity contribution in [2.24, 2.45) is 0 Å². The monoisotopic (exact) mass is 298 g/mol. The summed E-state index contributed by atoms with van der Waals surface area (Å²) in [7, 11) is 0. The maximum Gasteiger partial charge on any atom is 0.171 e. The Kier molecular flexibility index (Phi) is 5.35. The zero-order valence-corrected chi connectivity index (χ0v) is 12.7. The molecule has 0 aromatic heterocycles. The summed E-state index contributed by atoms with van der Waals surface area (Å²) in [6, 6.07) is 17.3. The summed E-state index contributed by atoms with van der Waals surface area (Å²) in [4.78, 5) is 0. The molecule has 0 fully saturated rings. The summed E-state index contributed by atoms with van der Waals surface area (Å²) in [5, 5.41) is 6.77. The third-order valence-electron chi connectivity index (χ3n) is 2.66. The Hall–Kier alpha value is -2.33. The Labute approximate surface area is 130 Å². The Morgan fingerprint density at radius 3 is 2.48 bits per heavy atom. The predicted octanol–water partition coefficient (Wildman–Crippen LogP) is 4.34. The molecule has 2 aromatic carbocycles. The Bertz CT molecular complexity index is 626. The Balaban J connectivity index is 2.06. The second-order valence-electron chi connectivity index (χ2n) is 4.68. The van der Waals surface area contributed by atoms with Gasteiger partial charge in [0.05, 0.1) is 5.69 Å². The van der Waals surface area contributed by atoms with Gasteiger partial charge in [0.2, 0.25) is 0 Å². The second-order valence-corrected chi connectivity index (χ2v) is 5.08. The van der Waals surface area contributed by atoms with Crippen LogP contribution in [0.5, 0.6) is 11.5 Å². The Morgan fingerprint density at radius 2 is 1.76 bits per heavy atom. The SMILES string of the molecule is C=C(C)CNC(=S)Nc1ccccc1Oc1ccccc1. The molecular weight excluding hydrogens is 280 g/mol. The maximum absolute atomic E-state index is 5.87. The van der Waals surface area contributed by atoms with E-state index in [2.05, 4.69) is 17.2 Å². The fourth-order valence-corrected chi connectivity index (χ4v) is 1.85. The van der Waals surface area contributed by atoms with Gasteiger partial charge in [-0.15, -0.1) is 0 Å². The molecule has 4 heteroatoms. The normalized spacial score (nSPS) is 9.76. The van der Waals surface area contributed by atoms with E-state index in [-0.39, 0.29) is 0 Å². The van der Waals surface area contributed by atoms with Gasteiger partial charge in [-0.25, -0.2) is 0 Å². The third-order valence-corrected chi connectivity index (χ3v) is 2.90. The minimum absolute atomic E-state index is 0.544. The third kappa shape index (κ3) is 4.93. The van der Waals surface area contributed by atoms with Gasteiger partial charge in [-0.1, -0.05) is 42.5 Å². The van der Waals surface area contributed by atoms with E-state index in [9.17, 15) is 0 Å². The quantitative estimate of drug-likeness (QED) is 0.635. The van der Waals surface area contributed by atoms with Gasteiger partial charge in [-0.2, -0.15) is 0 Å². The number of benzene rings is 2. The second kappa shape index (κ2) is 7.45. The van der Waals surface area contributed by atoms with Crippen molar-refractivity contribution in [1.82, 2.24) is 5.32 Å². The number of hydrogen-bond acceptors (Lipinski definition) is 2. The lowest BCUT2D eigenvalue weighted by Crippen LogP contribution is -2.29. The van der Waals surface area contributed by atoms with Crippen LogP contribution in [-0.4, -0.2) is 11.7 Å². The number of hydrogen-bond donors (Lipinski definition) is 2. The highest BCUT2D eigenvalue weighted by molar-refractivity contribution is 7.80. The minimum atomic E-state index is 0.544. The van der Waals surface area contributed by atoms with E-state index in [1.165, 1.54) is 0 Å². The summed E-state index contributed by atoms with van der Waals surface area (Å²) in [5.74, 6) is 1.51. The van der Waals surface area contributed by atoms with Crippen molar-refractivity contribution < 1.29 is 4.74 Å². The molecule has 0 spiro atoms. The molecule has 0 aliphatic rings. The lowest BCUT2D eigenvalue weighted by atomic mass is 10.3. The fourth-order valence-electron chi connectivity index (χ4n) is 1.67. The predicted molar refractivity (Wildman–Crippen MR) is 92.0 cm³/mol. The van der Waals surface area contributed by atoms with Crippen LogP contribution in [0.3, 0.4) is 0 Å². The molecule has 0 saturated heterocycles. The van der Waals surface area contributed by atoms with Crippen LogP contribution in [0.1, 0.15) is 6.92 Å². The summed E-state index contributed by atoms with van der Waals surface area (Å²) in [5.41, 5.74) is 1.84. The van der Waals surface area contributed by atoms with E-state index in [0.717, 1.165) is 22.8 Å². The van der Waals surface area contributed by atoms with Gasteiger partial charge in [-0.3, -0.25) is 0 Å². The first-order valence-corrected chi connectivity index (χ1v) is 7.07. The zero-order chi connectivity index (χ0) is 15.1. The van der Waals surface area contributed by atoms with E-state index in [1.54, 1.807) is 0 Å². The van der Waals surface area contributed by atoms with Gasteiger partial charge in [0.1, 0.15) is 5.75 Å². The highest BCUT2D eigenvalue weighted by Crippen LogP contribution is 2.28.